The van der Waals surface area contributed by atoms with E-state index in [-0.39, 0.29) is 17.9 Å². The molecule has 21 heavy (non-hydrogen) atoms. The number of aromatic nitrogens is 1. The summed E-state index contributed by atoms with van der Waals surface area (Å²) in [5.41, 5.74) is 0.788. The van der Waals surface area contributed by atoms with Gasteiger partial charge in [-0.3, -0.25) is 0 Å². The predicted octanol–water partition coefficient (Wildman–Crippen LogP) is 3.71. The number of halogens is 1. The Morgan fingerprint density at radius 3 is 2.86 bits per heavy atom. The van der Waals surface area contributed by atoms with Crippen LogP contribution in [0.5, 0.6) is 5.75 Å². The Balaban J connectivity index is 1.84. The molecule has 0 fully saturated rings. The Hall–Kier alpha value is -2.47. The number of para-hydroxylation sites is 1. The molecule has 0 saturated carbocycles. The van der Waals surface area contributed by atoms with Crippen molar-refractivity contribution < 1.29 is 19.0 Å². The maximum Gasteiger partial charge on any atom is 0.339 e. The van der Waals surface area contributed by atoms with E-state index in [2.05, 4.69) is 4.98 Å². The number of rotatable bonds is 4. The summed E-state index contributed by atoms with van der Waals surface area (Å²) in [6.45, 7) is 0.100. The van der Waals surface area contributed by atoms with Crippen molar-refractivity contribution in [3.8, 4) is 5.75 Å². The molecule has 0 aliphatic carbocycles. The third kappa shape index (κ3) is 2.85. The highest BCUT2D eigenvalue weighted by Crippen LogP contribution is 2.25. The fraction of sp³-hybridized carbons (Fsp3) is 0.0667. The van der Waals surface area contributed by atoms with Crippen LogP contribution in [0.3, 0.4) is 0 Å². The zero-order valence-corrected chi connectivity index (χ0v) is 11.6. The molecular weight excluding hydrogens is 293 g/mol. The van der Waals surface area contributed by atoms with E-state index in [9.17, 15) is 9.18 Å². The molecular formula is C15H10FNO3S. The van der Waals surface area contributed by atoms with Gasteiger partial charge in [0.15, 0.2) is 0 Å². The Morgan fingerprint density at radius 1 is 1.29 bits per heavy atom. The van der Waals surface area contributed by atoms with E-state index < -0.39 is 11.8 Å². The molecule has 0 atom stereocenters. The molecule has 1 heterocycles. The lowest BCUT2D eigenvalue weighted by molar-refractivity contribution is 0.0691. The summed E-state index contributed by atoms with van der Waals surface area (Å²) in [4.78, 5) is 15.4. The minimum absolute atomic E-state index is 0.00163. The Kier molecular flexibility index (Phi) is 3.53. The fourth-order valence-electron chi connectivity index (χ4n) is 1.91. The zero-order valence-electron chi connectivity index (χ0n) is 10.7. The maximum absolute atomic E-state index is 13.2. The van der Waals surface area contributed by atoms with Crippen LogP contribution in [-0.4, -0.2) is 16.1 Å². The number of ether oxygens (including phenoxy) is 1. The van der Waals surface area contributed by atoms with Crippen molar-refractivity contribution in [2.24, 2.45) is 0 Å². The van der Waals surface area contributed by atoms with Crippen molar-refractivity contribution in [3.63, 3.8) is 0 Å². The van der Waals surface area contributed by atoms with Gasteiger partial charge in [0.25, 0.3) is 0 Å². The fourth-order valence-corrected chi connectivity index (χ4v) is 2.79. The Morgan fingerprint density at radius 2 is 2.10 bits per heavy atom. The maximum atomic E-state index is 13.2. The second kappa shape index (κ2) is 5.49. The molecule has 4 nitrogen and oxygen atoms in total. The Bertz CT molecular complexity index is 783. The number of carboxylic acids is 1. The van der Waals surface area contributed by atoms with Gasteiger partial charge in [0.05, 0.1) is 10.2 Å². The van der Waals surface area contributed by atoms with E-state index in [1.54, 1.807) is 0 Å². The molecule has 0 aliphatic heterocycles. The molecule has 6 heteroatoms. The van der Waals surface area contributed by atoms with Crippen molar-refractivity contribution in [2.75, 3.05) is 0 Å². The summed E-state index contributed by atoms with van der Waals surface area (Å²) in [5.74, 6) is -1.70. The molecule has 0 radical (unpaired) electrons. The lowest BCUT2D eigenvalue weighted by Gasteiger charge is -2.07. The molecule has 0 unspecified atom stereocenters. The molecule has 0 spiro atoms. The van der Waals surface area contributed by atoms with Gasteiger partial charge >= 0.3 is 5.97 Å². The van der Waals surface area contributed by atoms with E-state index in [1.165, 1.54) is 17.4 Å². The van der Waals surface area contributed by atoms with Crippen molar-refractivity contribution in [2.45, 2.75) is 6.61 Å². The van der Waals surface area contributed by atoms with E-state index in [1.807, 2.05) is 24.3 Å². The number of hydrogen-bond acceptors (Lipinski definition) is 4. The first kappa shape index (κ1) is 13.5. The highest BCUT2D eigenvalue weighted by Gasteiger charge is 2.13. The minimum atomic E-state index is -1.16. The van der Waals surface area contributed by atoms with Gasteiger partial charge in [0, 0.05) is 6.07 Å². The van der Waals surface area contributed by atoms with Crippen LogP contribution in [0.4, 0.5) is 4.39 Å². The Labute approximate surface area is 123 Å². The summed E-state index contributed by atoms with van der Waals surface area (Å²) in [5, 5.41) is 9.76. The van der Waals surface area contributed by atoms with Gasteiger partial charge in [0.2, 0.25) is 0 Å². The van der Waals surface area contributed by atoms with Crippen LogP contribution in [0.1, 0.15) is 15.4 Å². The van der Waals surface area contributed by atoms with Crippen LogP contribution in [0.25, 0.3) is 10.2 Å². The SMILES string of the molecule is O=C(O)c1ccc(F)cc1OCc1nc2ccccc2s1. The van der Waals surface area contributed by atoms with E-state index in [0.29, 0.717) is 5.01 Å². The molecule has 0 bridgehead atoms. The normalized spacial score (nSPS) is 10.7. The monoisotopic (exact) mass is 303 g/mol. The van der Waals surface area contributed by atoms with Crippen LogP contribution in [0.2, 0.25) is 0 Å². The first-order valence-electron chi connectivity index (χ1n) is 6.13. The molecule has 0 saturated heterocycles. The number of carboxylic acid groups (broad SMARTS) is 1. The molecule has 3 aromatic rings. The lowest BCUT2D eigenvalue weighted by atomic mass is 10.2. The van der Waals surface area contributed by atoms with Crippen LogP contribution in [0.15, 0.2) is 42.5 Å². The van der Waals surface area contributed by atoms with Crippen LogP contribution < -0.4 is 4.74 Å². The van der Waals surface area contributed by atoms with E-state index >= 15 is 0 Å². The highest BCUT2D eigenvalue weighted by atomic mass is 32.1. The summed E-state index contributed by atoms with van der Waals surface area (Å²) in [6, 6.07) is 11.0. The summed E-state index contributed by atoms with van der Waals surface area (Å²) < 4.78 is 19.7. The van der Waals surface area contributed by atoms with Crippen LogP contribution in [0, 0.1) is 5.82 Å². The number of thiazole rings is 1. The van der Waals surface area contributed by atoms with Gasteiger partial charge in [-0.25, -0.2) is 14.2 Å². The lowest BCUT2D eigenvalue weighted by Crippen LogP contribution is -2.03. The molecule has 2 aromatic carbocycles. The second-order valence-corrected chi connectivity index (χ2v) is 5.42. The quantitative estimate of drug-likeness (QED) is 0.798. The van der Waals surface area contributed by atoms with Gasteiger partial charge in [-0.2, -0.15) is 0 Å². The van der Waals surface area contributed by atoms with Crippen LogP contribution >= 0.6 is 11.3 Å². The number of nitrogens with zero attached hydrogens (tertiary/aromatic N) is 1. The molecule has 1 aromatic heterocycles. The summed E-state index contributed by atoms with van der Waals surface area (Å²) >= 11 is 1.46. The first-order chi connectivity index (χ1) is 10.1. The van der Waals surface area contributed by atoms with Gasteiger partial charge in [-0.15, -0.1) is 11.3 Å². The van der Waals surface area contributed by atoms with Gasteiger partial charge in [-0.1, -0.05) is 12.1 Å². The molecule has 0 aliphatic rings. The predicted molar refractivity (Wildman–Crippen MR) is 77.3 cm³/mol. The van der Waals surface area contributed by atoms with Crippen molar-refractivity contribution in [3.05, 3.63) is 58.9 Å². The van der Waals surface area contributed by atoms with E-state index in [0.717, 1.165) is 22.3 Å². The minimum Gasteiger partial charge on any atom is -0.485 e. The standard InChI is InChI=1S/C15H10FNO3S/c16-9-5-6-10(15(18)19)12(7-9)20-8-14-17-11-3-1-2-4-13(11)21-14/h1-7H,8H2,(H,18,19). The van der Waals surface area contributed by atoms with Crippen molar-refractivity contribution in [1.82, 2.24) is 4.98 Å². The van der Waals surface area contributed by atoms with E-state index in [4.69, 9.17) is 9.84 Å². The van der Waals surface area contributed by atoms with Crippen molar-refractivity contribution in [1.29, 1.82) is 0 Å². The number of benzene rings is 2. The van der Waals surface area contributed by atoms with Gasteiger partial charge < -0.3 is 9.84 Å². The second-order valence-electron chi connectivity index (χ2n) is 4.31. The van der Waals surface area contributed by atoms with Gasteiger partial charge in [-0.05, 0) is 24.3 Å². The smallest absolute Gasteiger partial charge is 0.339 e. The molecule has 0 amide bonds. The number of carbonyl (C=O) groups is 1. The average Bonchev–Trinajstić information content (AvgIpc) is 2.87. The summed E-state index contributed by atoms with van der Waals surface area (Å²) in [7, 11) is 0. The highest BCUT2D eigenvalue weighted by molar-refractivity contribution is 7.18. The number of fused-ring (bicyclic) bond motifs is 1. The van der Waals surface area contributed by atoms with Gasteiger partial charge in [0.1, 0.15) is 28.7 Å². The topological polar surface area (TPSA) is 59.4 Å². The summed E-state index contributed by atoms with van der Waals surface area (Å²) in [6.07, 6.45) is 0. The third-order valence-electron chi connectivity index (χ3n) is 2.86. The molecule has 1 N–H and O–H groups in total. The molecule has 3 rings (SSSR count). The first-order valence-corrected chi connectivity index (χ1v) is 6.95. The number of hydrogen-bond donors (Lipinski definition) is 1. The largest absolute Gasteiger partial charge is 0.485 e. The third-order valence-corrected chi connectivity index (χ3v) is 3.87. The zero-order chi connectivity index (χ0) is 14.8. The van der Waals surface area contributed by atoms with Crippen molar-refractivity contribution >= 4 is 27.5 Å². The average molecular weight is 303 g/mol. The molecule has 106 valence electrons. The van der Waals surface area contributed by atoms with Crippen LogP contribution in [-0.2, 0) is 6.61 Å². The number of aromatic carboxylic acids is 1.